The van der Waals surface area contributed by atoms with E-state index in [4.69, 9.17) is 4.74 Å². The van der Waals surface area contributed by atoms with Crippen LogP contribution in [0.25, 0.3) is 0 Å². The molecule has 0 aromatic heterocycles. The highest BCUT2D eigenvalue weighted by Crippen LogP contribution is 2.28. The van der Waals surface area contributed by atoms with Crippen LogP contribution < -0.4 is 10.1 Å². The lowest BCUT2D eigenvalue weighted by Crippen LogP contribution is -2.30. The minimum absolute atomic E-state index is 0.0509. The Labute approximate surface area is 123 Å². The summed E-state index contributed by atoms with van der Waals surface area (Å²) in [5, 5.41) is 2.98. The van der Waals surface area contributed by atoms with Crippen LogP contribution in [0.2, 0.25) is 0 Å². The topological polar surface area (TPSA) is 41.6 Å². The van der Waals surface area contributed by atoms with Crippen LogP contribution in [0.15, 0.2) is 42.5 Å². The number of nitrogens with zero attached hydrogens (tertiary/aromatic N) is 1. The number of rotatable bonds is 1. The molecule has 0 unspecified atom stereocenters. The molecule has 0 saturated heterocycles. The molecule has 2 amide bonds. The summed E-state index contributed by atoms with van der Waals surface area (Å²) in [5.74, 6) is 0.932. The fourth-order valence-electron chi connectivity index (χ4n) is 2.94. The summed E-state index contributed by atoms with van der Waals surface area (Å²) in [5.41, 5.74) is 4.46. The van der Waals surface area contributed by atoms with Crippen molar-refractivity contribution in [3.05, 3.63) is 59.2 Å². The van der Waals surface area contributed by atoms with Gasteiger partial charge in [0, 0.05) is 25.2 Å². The highest BCUT2D eigenvalue weighted by Gasteiger charge is 2.23. The second-order valence-corrected chi connectivity index (χ2v) is 5.48. The minimum atomic E-state index is -0.0509. The molecule has 4 heteroatoms. The SMILES string of the molecule is O=C(Nc1ccc2c(c1)CCO2)N1Cc2ccccc2C1. The Balaban J connectivity index is 1.47. The number of amides is 2. The van der Waals surface area contributed by atoms with Crippen LogP contribution in [0, 0.1) is 0 Å². The van der Waals surface area contributed by atoms with Gasteiger partial charge in [0.2, 0.25) is 0 Å². The molecule has 2 aliphatic rings. The number of hydrogen-bond donors (Lipinski definition) is 1. The molecule has 0 radical (unpaired) electrons. The number of nitrogens with one attached hydrogen (secondary N) is 1. The van der Waals surface area contributed by atoms with E-state index < -0.39 is 0 Å². The van der Waals surface area contributed by atoms with E-state index in [-0.39, 0.29) is 6.03 Å². The van der Waals surface area contributed by atoms with Crippen LogP contribution in [-0.4, -0.2) is 17.5 Å². The standard InChI is InChI=1S/C17H16N2O2/c20-17(19-10-13-3-1-2-4-14(13)11-19)18-15-5-6-16-12(9-15)7-8-21-16/h1-6,9H,7-8,10-11H2,(H,18,20). The third-order valence-corrected chi connectivity index (χ3v) is 4.07. The Hall–Kier alpha value is -2.49. The smallest absolute Gasteiger partial charge is 0.322 e. The summed E-state index contributed by atoms with van der Waals surface area (Å²) in [7, 11) is 0. The number of fused-ring (bicyclic) bond motifs is 2. The van der Waals surface area contributed by atoms with Gasteiger partial charge >= 0.3 is 6.03 Å². The maximum absolute atomic E-state index is 12.4. The summed E-state index contributed by atoms with van der Waals surface area (Å²) < 4.78 is 5.48. The fourth-order valence-corrected chi connectivity index (χ4v) is 2.94. The quantitative estimate of drug-likeness (QED) is 0.871. The molecule has 1 N–H and O–H groups in total. The monoisotopic (exact) mass is 280 g/mol. The number of hydrogen-bond acceptors (Lipinski definition) is 2. The van der Waals surface area contributed by atoms with E-state index in [1.165, 1.54) is 11.1 Å². The van der Waals surface area contributed by atoms with Gasteiger partial charge < -0.3 is 15.0 Å². The summed E-state index contributed by atoms with van der Waals surface area (Å²) in [6.07, 6.45) is 0.911. The molecule has 2 heterocycles. The third kappa shape index (κ3) is 2.23. The predicted octanol–water partition coefficient (Wildman–Crippen LogP) is 3.17. The highest BCUT2D eigenvalue weighted by molar-refractivity contribution is 5.90. The van der Waals surface area contributed by atoms with Gasteiger partial charge in [-0.2, -0.15) is 0 Å². The molecule has 0 spiro atoms. The van der Waals surface area contributed by atoms with E-state index in [2.05, 4.69) is 17.4 Å². The van der Waals surface area contributed by atoms with Crippen molar-refractivity contribution in [3.63, 3.8) is 0 Å². The van der Waals surface area contributed by atoms with Gasteiger partial charge in [0.15, 0.2) is 0 Å². The van der Waals surface area contributed by atoms with Crippen LogP contribution in [0.1, 0.15) is 16.7 Å². The molecule has 0 fully saturated rings. The van der Waals surface area contributed by atoms with Gasteiger partial charge in [0.05, 0.1) is 6.61 Å². The number of anilines is 1. The molecule has 2 aliphatic heterocycles. The van der Waals surface area contributed by atoms with Gasteiger partial charge in [-0.3, -0.25) is 0 Å². The first kappa shape index (κ1) is 12.3. The fraction of sp³-hybridized carbons (Fsp3) is 0.235. The molecule has 0 saturated carbocycles. The Morgan fingerprint density at radius 3 is 2.57 bits per heavy atom. The van der Waals surface area contributed by atoms with Crippen molar-refractivity contribution in [2.75, 3.05) is 11.9 Å². The summed E-state index contributed by atoms with van der Waals surface area (Å²) >= 11 is 0. The number of ether oxygens (including phenoxy) is 1. The predicted molar refractivity (Wildman–Crippen MR) is 80.3 cm³/mol. The van der Waals surface area contributed by atoms with Crippen molar-refractivity contribution in [1.82, 2.24) is 4.90 Å². The van der Waals surface area contributed by atoms with Gasteiger partial charge in [-0.15, -0.1) is 0 Å². The van der Waals surface area contributed by atoms with Gasteiger partial charge in [-0.25, -0.2) is 4.79 Å². The Bertz CT molecular complexity index is 687. The van der Waals surface area contributed by atoms with E-state index in [1.807, 2.05) is 35.2 Å². The van der Waals surface area contributed by atoms with E-state index in [1.54, 1.807) is 0 Å². The number of carbonyl (C=O) groups excluding carboxylic acids is 1. The second-order valence-electron chi connectivity index (χ2n) is 5.48. The minimum Gasteiger partial charge on any atom is -0.493 e. The first-order valence-electron chi connectivity index (χ1n) is 7.18. The average Bonchev–Trinajstić information content (AvgIpc) is 3.13. The Kier molecular flexibility index (Phi) is 2.81. The lowest BCUT2D eigenvalue weighted by Gasteiger charge is -2.16. The van der Waals surface area contributed by atoms with Gasteiger partial charge in [-0.1, -0.05) is 24.3 Å². The molecule has 2 aromatic carbocycles. The molecule has 2 aromatic rings. The number of benzene rings is 2. The van der Waals surface area contributed by atoms with Crippen molar-refractivity contribution in [2.45, 2.75) is 19.5 Å². The lowest BCUT2D eigenvalue weighted by molar-refractivity contribution is 0.212. The first-order valence-corrected chi connectivity index (χ1v) is 7.18. The normalized spacial score (nSPS) is 15.3. The largest absolute Gasteiger partial charge is 0.493 e. The summed E-state index contributed by atoms with van der Waals surface area (Å²) in [6, 6.07) is 14.0. The molecular weight excluding hydrogens is 264 g/mol. The zero-order valence-electron chi connectivity index (χ0n) is 11.6. The van der Waals surface area contributed by atoms with Crippen LogP contribution in [0.3, 0.4) is 0 Å². The van der Waals surface area contributed by atoms with Crippen LogP contribution in [-0.2, 0) is 19.5 Å². The molecule has 4 nitrogen and oxygen atoms in total. The number of carbonyl (C=O) groups is 1. The zero-order chi connectivity index (χ0) is 14.2. The second kappa shape index (κ2) is 4.81. The van der Waals surface area contributed by atoms with Crippen LogP contribution in [0.4, 0.5) is 10.5 Å². The maximum atomic E-state index is 12.4. The summed E-state index contributed by atoms with van der Waals surface area (Å²) in [4.78, 5) is 14.2. The first-order chi connectivity index (χ1) is 10.3. The maximum Gasteiger partial charge on any atom is 0.322 e. The number of urea groups is 1. The summed E-state index contributed by atoms with van der Waals surface area (Å²) in [6.45, 7) is 2.08. The van der Waals surface area contributed by atoms with Crippen molar-refractivity contribution in [2.24, 2.45) is 0 Å². The molecule has 4 rings (SSSR count). The van der Waals surface area contributed by atoms with E-state index in [9.17, 15) is 4.79 Å². The highest BCUT2D eigenvalue weighted by atomic mass is 16.5. The van der Waals surface area contributed by atoms with Crippen molar-refractivity contribution in [1.29, 1.82) is 0 Å². The van der Waals surface area contributed by atoms with Crippen molar-refractivity contribution < 1.29 is 9.53 Å². The Morgan fingerprint density at radius 1 is 1.05 bits per heavy atom. The third-order valence-electron chi connectivity index (χ3n) is 4.07. The van der Waals surface area contributed by atoms with Crippen molar-refractivity contribution >= 4 is 11.7 Å². The molecular formula is C17H16N2O2. The van der Waals surface area contributed by atoms with Crippen molar-refractivity contribution in [3.8, 4) is 5.75 Å². The van der Waals surface area contributed by atoms with E-state index >= 15 is 0 Å². The molecule has 21 heavy (non-hydrogen) atoms. The Morgan fingerprint density at radius 2 is 1.81 bits per heavy atom. The average molecular weight is 280 g/mol. The van der Waals surface area contributed by atoms with Crippen LogP contribution >= 0.6 is 0 Å². The zero-order valence-corrected chi connectivity index (χ0v) is 11.6. The molecule has 0 aliphatic carbocycles. The molecule has 106 valence electrons. The van der Waals surface area contributed by atoms with E-state index in [0.29, 0.717) is 13.1 Å². The molecule has 0 atom stereocenters. The lowest BCUT2D eigenvalue weighted by atomic mass is 10.1. The molecule has 0 bridgehead atoms. The van der Waals surface area contributed by atoms with Crippen LogP contribution in [0.5, 0.6) is 5.75 Å². The van der Waals surface area contributed by atoms with Gasteiger partial charge in [0.25, 0.3) is 0 Å². The van der Waals surface area contributed by atoms with E-state index in [0.717, 1.165) is 30.0 Å². The van der Waals surface area contributed by atoms with Gasteiger partial charge in [0.1, 0.15) is 5.75 Å². The van der Waals surface area contributed by atoms with Gasteiger partial charge in [-0.05, 0) is 34.9 Å².